The highest BCUT2D eigenvalue weighted by atomic mass is 16.5. The van der Waals surface area contributed by atoms with Crippen LogP contribution in [-0.2, 0) is 0 Å². The van der Waals surface area contributed by atoms with E-state index < -0.39 is 6.09 Å². The number of hydrogen-bond donors (Lipinski definition) is 2. The summed E-state index contributed by atoms with van der Waals surface area (Å²) < 4.78 is 5.83. The van der Waals surface area contributed by atoms with Crippen LogP contribution in [0.3, 0.4) is 0 Å². The number of para-hydroxylation sites is 1. The van der Waals surface area contributed by atoms with Crippen LogP contribution in [0.2, 0.25) is 0 Å². The van der Waals surface area contributed by atoms with Gasteiger partial charge in [0.25, 0.3) is 0 Å². The number of ether oxygens (including phenoxy) is 1. The van der Waals surface area contributed by atoms with Gasteiger partial charge in [0.2, 0.25) is 0 Å². The van der Waals surface area contributed by atoms with Crippen molar-refractivity contribution in [3.63, 3.8) is 0 Å². The number of benzene rings is 1. The zero-order chi connectivity index (χ0) is 12.1. The molecule has 17 heavy (non-hydrogen) atoms. The molecule has 1 saturated carbocycles. The first-order valence-corrected chi connectivity index (χ1v) is 5.95. The Labute approximate surface area is 101 Å². The van der Waals surface area contributed by atoms with Crippen LogP contribution in [0.5, 0.6) is 5.75 Å². The molecule has 92 valence electrons. The molecule has 0 aliphatic heterocycles. The van der Waals surface area contributed by atoms with E-state index in [1.54, 1.807) is 0 Å². The molecule has 2 N–H and O–H groups in total. The number of carboxylic acid groups (broad SMARTS) is 1. The normalized spacial score (nSPS) is 24.0. The quantitative estimate of drug-likeness (QED) is 0.846. The summed E-state index contributed by atoms with van der Waals surface area (Å²) in [6.07, 6.45) is 2.82. The van der Waals surface area contributed by atoms with Crippen LogP contribution in [-0.4, -0.2) is 23.3 Å². The van der Waals surface area contributed by atoms with Gasteiger partial charge in [0.15, 0.2) is 0 Å². The molecule has 2 rings (SSSR count). The van der Waals surface area contributed by atoms with Crippen molar-refractivity contribution in [2.24, 2.45) is 0 Å². The molecular weight excluding hydrogens is 218 g/mol. The maximum absolute atomic E-state index is 10.6. The van der Waals surface area contributed by atoms with Gasteiger partial charge >= 0.3 is 6.09 Å². The molecule has 0 spiro atoms. The van der Waals surface area contributed by atoms with Gasteiger partial charge in [0.1, 0.15) is 11.9 Å². The second-order valence-electron chi connectivity index (χ2n) is 4.37. The largest absolute Gasteiger partial charge is 0.490 e. The molecule has 1 fully saturated rings. The second kappa shape index (κ2) is 5.57. The van der Waals surface area contributed by atoms with Crippen LogP contribution in [0.25, 0.3) is 0 Å². The zero-order valence-corrected chi connectivity index (χ0v) is 9.63. The summed E-state index contributed by atoms with van der Waals surface area (Å²) in [5.41, 5.74) is 0. The van der Waals surface area contributed by atoms with E-state index in [9.17, 15) is 4.79 Å². The standard InChI is InChI=1S/C13H17NO3/c15-13(16)14-10-5-4-8-12(9-10)17-11-6-2-1-3-7-11/h1-3,6-7,10,12,14H,4-5,8-9H2,(H,15,16)/t10-,12+/m1/s1. The molecule has 0 bridgehead atoms. The van der Waals surface area contributed by atoms with Crippen LogP contribution < -0.4 is 10.1 Å². The predicted octanol–water partition coefficient (Wildman–Crippen LogP) is 2.64. The van der Waals surface area contributed by atoms with E-state index in [2.05, 4.69) is 5.32 Å². The average molecular weight is 235 g/mol. The summed E-state index contributed by atoms with van der Waals surface area (Å²) in [5, 5.41) is 11.2. The molecule has 1 aliphatic carbocycles. The van der Waals surface area contributed by atoms with Crippen molar-refractivity contribution in [3.8, 4) is 5.75 Å². The first-order valence-electron chi connectivity index (χ1n) is 5.95. The maximum atomic E-state index is 10.6. The Morgan fingerprint density at radius 3 is 2.76 bits per heavy atom. The number of rotatable bonds is 3. The van der Waals surface area contributed by atoms with Crippen molar-refractivity contribution in [1.29, 1.82) is 0 Å². The van der Waals surface area contributed by atoms with Gasteiger partial charge in [-0.2, -0.15) is 0 Å². The minimum absolute atomic E-state index is 0.0231. The lowest BCUT2D eigenvalue weighted by Gasteiger charge is -2.29. The fourth-order valence-corrected chi connectivity index (χ4v) is 2.25. The molecule has 1 aromatic carbocycles. The van der Waals surface area contributed by atoms with E-state index in [0.29, 0.717) is 0 Å². The molecule has 1 aliphatic rings. The Balaban J connectivity index is 1.87. The van der Waals surface area contributed by atoms with Gasteiger partial charge in [0.05, 0.1) is 0 Å². The number of amides is 1. The van der Waals surface area contributed by atoms with Crippen LogP contribution in [0, 0.1) is 0 Å². The Hall–Kier alpha value is -1.71. The summed E-state index contributed by atoms with van der Waals surface area (Å²) >= 11 is 0. The Kier molecular flexibility index (Phi) is 3.85. The Morgan fingerprint density at radius 2 is 2.06 bits per heavy atom. The summed E-state index contributed by atoms with van der Waals surface area (Å²) in [4.78, 5) is 10.6. The number of hydrogen-bond acceptors (Lipinski definition) is 2. The molecular formula is C13H17NO3. The van der Waals surface area contributed by atoms with Gasteiger partial charge in [-0.1, -0.05) is 18.2 Å². The van der Waals surface area contributed by atoms with E-state index >= 15 is 0 Å². The minimum Gasteiger partial charge on any atom is -0.490 e. The summed E-state index contributed by atoms with van der Waals surface area (Å²) in [6.45, 7) is 0. The summed E-state index contributed by atoms with van der Waals surface area (Å²) in [5.74, 6) is 0.855. The third-order valence-corrected chi connectivity index (χ3v) is 3.00. The van der Waals surface area contributed by atoms with Gasteiger partial charge in [-0.3, -0.25) is 0 Å². The van der Waals surface area contributed by atoms with Crippen LogP contribution >= 0.6 is 0 Å². The topological polar surface area (TPSA) is 58.6 Å². The zero-order valence-electron chi connectivity index (χ0n) is 9.63. The van der Waals surface area contributed by atoms with Crippen molar-refractivity contribution in [3.05, 3.63) is 30.3 Å². The number of nitrogens with one attached hydrogen (secondary N) is 1. The lowest BCUT2D eigenvalue weighted by Crippen LogP contribution is -2.40. The lowest BCUT2D eigenvalue weighted by molar-refractivity contribution is 0.129. The molecule has 0 heterocycles. The van der Waals surface area contributed by atoms with Crippen LogP contribution in [0.15, 0.2) is 30.3 Å². The third-order valence-electron chi connectivity index (χ3n) is 3.00. The molecule has 0 unspecified atom stereocenters. The van der Waals surface area contributed by atoms with Crippen molar-refractivity contribution in [2.45, 2.75) is 37.8 Å². The highest BCUT2D eigenvalue weighted by molar-refractivity contribution is 5.64. The van der Waals surface area contributed by atoms with Crippen molar-refractivity contribution >= 4 is 6.09 Å². The van der Waals surface area contributed by atoms with Crippen molar-refractivity contribution in [2.75, 3.05) is 0 Å². The highest BCUT2D eigenvalue weighted by Crippen LogP contribution is 2.23. The van der Waals surface area contributed by atoms with E-state index in [1.165, 1.54) is 0 Å². The molecule has 0 radical (unpaired) electrons. The van der Waals surface area contributed by atoms with Crippen molar-refractivity contribution < 1.29 is 14.6 Å². The lowest BCUT2D eigenvalue weighted by atomic mass is 9.93. The fraction of sp³-hybridized carbons (Fsp3) is 0.462. The summed E-state index contributed by atoms with van der Waals surface area (Å²) in [7, 11) is 0. The van der Waals surface area contributed by atoms with Gasteiger partial charge in [-0.25, -0.2) is 4.79 Å². The molecule has 2 atom stereocenters. The van der Waals surface area contributed by atoms with E-state index in [1.807, 2.05) is 30.3 Å². The highest BCUT2D eigenvalue weighted by Gasteiger charge is 2.24. The monoisotopic (exact) mass is 235 g/mol. The molecule has 4 nitrogen and oxygen atoms in total. The summed E-state index contributed by atoms with van der Waals surface area (Å²) in [6, 6.07) is 9.69. The van der Waals surface area contributed by atoms with Crippen LogP contribution in [0.1, 0.15) is 25.7 Å². The van der Waals surface area contributed by atoms with Gasteiger partial charge in [-0.15, -0.1) is 0 Å². The molecule has 1 amide bonds. The Bertz CT molecular complexity index is 366. The van der Waals surface area contributed by atoms with Crippen molar-refractivity contribution in [1.82, 2.24) is 5.32 Å². The maximum Gasteiger partial charge on any atom is 0.404 e. The van der Waals surface area contributed by atoms with Gasteiger partial charge < -0.3 is 15.2 Å². The molecule has 0 aromatic heterocycles. The second-order valence-corrected chi connectivity index (χ2v) is 4.37. The number of carbonyl (C=O) groups is 1. The fourth-order valence-electron chi connectivity index (χ4n) is 2.25. The first-order chi connectivity index (χ1) is 8.24. The van der Waals surface area contributed by atoms with Gasteiger partial charge in [0, 0.05) is 12.5 Å². The molecule has 1 aromatic rings. The smallest absolute Gasteiger partial charge is 0.404 e. The predicted molar refractivity (Wildman–Crippen MR) is 64.3 cm³/mol. The van der Waals surface area contributed by atoms with Gasteiger partial charge in [-0.05, 0) is 31.4 Å². The van der Waals surface area contributed by atoms with E-state index in [0.717, 1.165) is 31.4 Å². The third kappa shape index (κ3) is 3.66. The van der Waals surface area contributed by atoms with Crippen LogP contribution in [0.4, 0.5) is 4.79 Å². The first kappa shape index (κ1) is 11.8. The Morgan fingerprint density at radius 1 is 1.29 bits per heavy atom. The van der Waals surface area contributed by atoms with E-state index in [-0.39, 0.29) is 12.1 Å². The molecule has 4 heteroatoms. The van der Waals surface area contributed by atoms with E-state index in [4.69, 9.17) is 9.84 Å². The molecule has 0 saturated heterocycles. The minimum atomic E-state index is -0.949. The average Bonchev–Trinajstić information content (AvgIpc) is 2.30. The SMILES string of the molecule is O=C(O)N[C@@H]1CCC[C@H](Oc2ccccc2)C1.